The van der Waals surface area contributed by atoms with Crippen molar-refractivity contribution in [3.8, 4) is 0 Å². The van der Waals surface area contributed by atoms with E-state index in [1.54, 1.807) is 4.90 Å². The standard InChI is InChI=1S/C17H31N5O3.HI/c1-17(2,3)25-16(24)22-12-10-21(11-13-22)15(18)19-7-6-14(23)20-8-4-5-9-20;/h4-13H2,1-3H3,(H2,18,19);1H. The van der Waals surface area contributed by atoms with Gasteiger partial charge in [-0.15, -0.1) is 24.0 Å². The number of nitrogens with zero attached hydrogens (tertiary/aromatic N) is 4. The van der Waals surface area contributed by atoms with E-state index in [-0.39, 0.29) is 36.0 Å². The Balaban J connectivity index is 0.00000338. The number of likely N-dealkylation sites (tertiary alicyclic amines) is 1. The number of amides is 2. The van der Waals surface area contributed by atoms with E-state index >= 15 is 0 Å². The van der Waals surface area contributed by atoms with Crippen LogP contribution in [-0.4, -0.2) is 84.1 Å². The summed E-state index contributed by atoms with van der Waals surface area (Å²) < 4.78 is 5.38. The number of halogens is 1. The molecule has 0 aromatic heterocycles. The van der Waals surface area contributed by atoms with Crippen LogP contribution in [0.4, 0.5) is 4.79 Å². The first-order valence-corrected chi connectivity index (χ1v) is 9.07. The molecule has 0 unspecified atom stereocenters. The Hall–Kier alpha value is -1.26. The van der Waals surface area contributed by atoms with E-state index < -0.39 is 5.60 Å². The highest BCUT2D eigenvalue weighted by atomic mass is 127. The van der Waals surface area contributed by atoms with Crippen LogP contribution in [0.2, 0.25) is 0 Å². The second-order valence-electron chi connectivity index (χ2n) is 7.53. The van der Waals surface area contributed by atoms with E-state index in [0.29, 0.717) is 45.1 Å². The van der Waals surface area contributed by atoms with Crippen LogP contribution >= 0.6 is 24.0 Å². The third kappa shape index (κ3) is 7.16. The number of hydrogen-bond donors (Lipinski definition) is 1. The molecule has 2 saturated heterocycles. The fraction of sp³-hybridized carbons (Fsp3) is 0.824. The maximum Gasteiger partial charge on any atom is 0.410 e. The topological polar surface area (TPSA) is 91.5 Å². The Morgan fingerprint density at radius 1 is 0.962 bits per heavy atom. The van der Waals surface area contributed by atoms with E-state index in [1.165, 1.54) is 0 Å². The normalized spacial score (nSPS) is 18.6. The van der Waals surface area contributed by atoms with Crippen molar-refractivity contribution in [1.29, 1.82) is 0 Å². The predicted molar refractivity (Wildman–Crippen MR) is 112 cm³/mol. The van der Waals surface area contributed by atoms with Crippen LogP contribution in [0.1, 0.15) is 40.0 Å². The monoisotopic (exact) mass is 481 g/mol. The number of piperazine rings is 1. The minimum absolute atomic E-state index is 0. The van der Waals surface area contributed by atoms with Gasteiger partial charge in [0, 0.05) is 45.7 Å². The SMILES string of the molecule is CC(C)(C)OC(=O)N1CCN(C(N)=NCCC(=O)N2CCCC2)CC1.I. The molecule has 0 bridgehead atoms. The average molecular weight is 481 g/mol. The molecule has 2 amide bonds. The lowest BCUT2D eigenvalue weighted by molar-refractivity contribution is -0.129. The first-order valence-electron chi connectivity index (χ1n) is 9.07. The lowest BCUT2D eigenvalue weighted by Gasteiger charge is -2.36. The van der Waals surface area contributed by atoms with E-state index in [2.05, 4.69) is 4.99 Å². The van der Waals surface area contributed by atoms with Gasteiger partial charge in [-0.1, -0.05) is 0 Å². The minimum atomic E-state index is -0.490. The first-order chi connectivity index (χ1) is 11.8. The zero-order valence-electron chi connectivity index (χ0n) is 16.1. The Bertz CT molecular complexity index is 507. The van der Waals surface area contributed by atoms with Gasteiger partial charge in [0.1, 0.15) is 5.60 Å². The molecule has 26 heavy (non-hydrogen) atoms. The van der Waals surface area contributed by atoms with Gasteiger partial charge in [0.25, 0.3) is 0 Å². The maximum atomic E-state index is 12.0. The molecule has 0 aromatic rings. The molecule has 0 saturated carbocycles. The van der Waals surface area contributed by atoms with Crippen LogP contribution in [0.3, 0.4) is 0 Å². The number of guanidine groups is 1. The van der Waals surface area contributed by atoms with Crippen molar-refractivity contribution in [2.24, 2.45) is 10.7 Å². The molecule has 2 heterocycles. The van der Waals surface area contributed by atoms with Gasteiger partial charge in [-0.2, -0.15) is 0 Å². The number of aliphatic imine (C=N–C) groups is 1. The molecular formula is C17H32IN5O3. The molecule has 2 aliphatic rings. The van der Waals surface area contributed by atoms with E-state index in [4.69, 9.17) is 10.5 Å². The average Bonchev–Trinajstić information content (AvgIpc) is 3.07. The summed E-state index contributed by atoms with van der Waals surface area (Å²) in [6.45, 7) is 10.1. The second-order valence-corrected chi connectivity index (χ2v) is 7.53. The van der Waals surface area contributed by atoms with Crippen molar-refractivity contribution in [3.05, 3.63) is 0 Å². The zero-order valence-corrected chi connectivity index (χ0v) is 18.4. The smallest absolute Gasteiger partial charge is 0.410 e. The summed E-state index contributed by atoms with van der Waals surface area (Å²) in [5.41, 5.74) is 5.54. The third-order valence-electron chi connectivity index (χ3n) is 4.31. The molecule has 2 N–H and O–H groups in total. The van der Waals surface area contributed by atoms with Crippen molar-refractivity contribution in [2.45, 2.75) is 45.6 Å². The minimum Gasteiger partial charge on any atom is -0.444 e. The predicted octanol–water partition coefficient (Wildman–Crippen LogP) is 1.48. The summed E-state index contributed by atoms with van der Waals surface area (Å²) in [6.07, 6.45) is 2.30. The zero-order chi connectivity index (χ0) is 18.4. The molecule has 0 atom stereocenters. The Morgan fingerprint density at radius 3 is 2.04 bits per heavy atom. The van der Waals surface area contributed by atoms with E-state index in [0.717, 1.165) is 25.9 Å². The van der Waals surface area contributed by atoms with Crippen molar-refractivity contribution < 1.29 is 14.3 Å². The molecule has 0 aromatic carbocycles. The first kappa shape index (κ1) is 22.8. The van der Waals surface area contributed by atoms with Crippen LogP contribution in [0.5, 0.6) is 0 Å². The van der Waals surface area contributed by atoms with Gasteiger partial charge in [0.2, 0.25) is 5.91 Å². The van der Waals surface area contributed by atoms with Crippen LogP contribution in [0.25, 0.3) is 0 Å². The highest BCUT2D eigenvalue weighted by Crippen LogP contribution is 2.12. The Kier molecular flexibility index (Phi) is 8.91. The molecule has 0 spiro atoms. The number of carbonyl (C=O) groups is 2. The van der Waals surface area contributed by atoms with Gasteiger partial charge in [0.05, 0.1) is 6.54 Å². The van der Waals surface area contributed by atoms with Crippen molar-refractivity contribution in [2.75, 3.05) is 45.8 Å². The maximum absolute atomic E-state index is 12.0. The van der Waals surface area contributed by atoms with Gasteiger partial charge in [-0.05, 0) is 33.6 Å². The lowest BCUT2D eigenvalue weighted by Crippen LogP contribution is -2.53. The molecule has 0 radical (unpaired) electrons. The molecule has 2 fully saturated rings. The van der Waals surface area contributed by atoms with Crippen LogP contribution in [-0.2, 0) is 9.53 Å². The number of nitrogens with two attached hydrogens (primary N) is 1. The van der Waals surface area contributed by atoms with Gasteiger partial charge >= 0.3 is 6.09 Å². The molecule has 0 aliphatic carbocycles. The molecule has 9 heteroatoms. The van der Waals surface area contributed by atoms with Crippen molar-refractivity contribution in [1.82, 2.24) is 14.7 Å². The quantitative estimate of drug-likeness (QED) is 0.375. The summed E-state index contributed by atoms with van der Waals surface area (Å²) in [6, 6.07) is 0. The number of hydrogen-bond acceptors (Lipinski definition) is 4. The fourth-order valence-corrected chi connectivity index (χ4v) is 2.94. The highest BCUT2D eigenvalue weighted by Gasteiger charge is 2.26. The molecule has 2 rings (SSSR count). The summed E-state index contributed by atoms with van der Waals surface area (Å²) in [5.74, 6) is 0.599. The summed E-state index contributed by atoms with van der Waals surface area (Å²) >= 11 is 0. The van der Waals surface area contributed by atoms with Gasteiger partial charge < -0.3 is 25.2 Å². The van der Waals surface area contributed by atoms with Gasteiger partial charge in [0.15, 0.2) is 5.96 Å². The third-order valence-corrected chi connectivity index (χ3v) is 4.31. The molecule has 2 aliphatic heterocycles. The van der Waals surface area contributed by atoms with E-state index in [1.807, 2.05) is 30.6 Å². The lowest BCUT2D eigenvalue weighted by atomic mass is 10.2. The summed E-state index contributed by atoms with van der Waals surface area (Å²) in [4.78, 5) is 33.9. The number of carbonyl (C=O) groups excluding carboxylic acids is 2. The highest BCUT2D eigenvalue weighted by molar-refractivity contribution is 14.0. The van der Waals surface area contributed by atoms with E-state index in [9.17, 15) is 9.59 Å². The summed E-state index contributed by atoms with van der Waals surface area (Å²) in [5, 5.41) is 0. The molecule has 150 valence electrons. The largest absolute Gasteiger partial charge is 0.444 e. The van der Waals surface area contributed by atoms with Crippen LogP contribution in [0, 0.1) is 0 Å². The van der Waals surface area contributed by atoms with Crippen LogP contribution < -0.4 is 5.73 Å². The fourth-order valence-electron chi connectivity index (χ4n) is 2.94. The Labute approximate surface area is 173 Å². The number of ether oxygens (including phenoxy) is 1. The molecular weight excluding hydrogens is 449 g/mol. The van der Waals surface area contributed by atoms with Crippen LogP contribution in [0.15, 0.2) is 4.99 Å². The second kappa shape index (κ2) is 10.2. The van der Waals surface area contributed by atoms with Crippen molar-refractivity contribution in [3.63, 3.8) is 0 Å². The Morgan fingerprint density at radius 2 is 1.50 bits per heavy atom. The number of rotatable bonds is 3. The molecule has 8 nitrogen and oxygen atoms in total. The summed E-state index contributed by atoms with van der Waals surface area (Å²) in [7, 11) is 0. The van der Waals surface area contributed by atoms with Gasteiger partial charge in [-0.25, -0.2) is 4.79 Å². The van der Waals surface area contributed by atoms with Crippen molar-refractivity contribution >= 4 is 41.9 Å². The van der Waals surface area contributed by atoms with Gasteiger partial charge in [-0.3, -0.25) is 9.79 Å².